The molecule has 154 valence electrons. The topological polar surface area (TPSA) is 44.1 Å². The second-order valence-electron chi connectivity index (χ2n) is 6.72. The first-order chi connectivity index (χ1) is 14.2. The Morgan fingerprint density at radius 3 is 2.27 bits per heavy atom. The molecule has 3 aromatic carbocycles. The van der Waals surface area contributed by atoms with E-state index in [0.29, 0.717) is 17.1 Å². The predicted octanol–water partition coefficient (Wildman–Crippen LogP) is 1.83. The number of carbonyl (C=O) groups is 1. The number of anilines is 1. The smallest absolute Gasteiger partial charge is 0.313 e. The summed E-state index contributed by atoms with van der Waals surface area (Å²) < 4.78 is 2.20. The molecule has 30 heavy (non-hydrogen) atoms. The normalized spacial score (nSPS) is 15.4. The molecule has 1 aliphatic heterocycles. The van der Waals surface area contributed by atoms with Crippen molar-refractivity contribution in [1.29, 1.82) is 0 Å². The largest absolute Gasteiger partial charge is 1.00 e. The standard InChI is InChI=1S/C23H20ClN3OS.ClH/c24-19-11-13-20(14-12-19)25-23-27(15-17-7-3-1-4-8-17)21(16-29-23)26-22(28)18-9-5-2-6-10-18;/h1-14,21H,15-16H2,(H,26,28);1H. The Kier molecular flexibility index (Phi) is 7.80. The molecule has 2 N–H and O–H groups in total. The van der Waals surface area contributed by atoms with E-state index in [1.807, 2.05) is 72.8 Å². The fraction of sp³-hybridized carbons (Fsp3) is 0.130. The molecule has 7 heteroatoms. The Labute approximate surface area is 191 Å². The van der Waals surface area contributed by atoms with E-state index in [1.165, 1.54) is 5.56 Å². The van der Waals surface area contributed by atoms with E-state index < -0.39 is 0 Å². The van der Waals surface area contributed by atoms with Crippen molar-refractivity contribution in [2.45, 2.75) is 12.7 Å². The van der Waals surface area contributed by atoms with Gasteiger partial charge in [-0.15, -0.1) is 0 Å². The summed E-state index contributed by atoms with van der Waals surface area (Å²) in [5.41, 5.74) is 2.81. The third kappa shape index (κ3) is 5.57. The van der Waals surface area contributed by atoms with Crippen molar-refractivity contribution in [2.24, 2.45) is 0 Å². The highest BCUT2D eigenvalue weighted by molar-refractivity contribution is 8.14. The highest BCUT2D eigenvalue weighted by Gasteiger charge is 2.33. The molecule has 0 bridgehead atoms. The fourth-order valence-electron chi connectivity index (χ4n) is 3.14. The van der Waals surface area contributed by atoms with Gasteiger partial charge in [0.2, 0.25) is 0 Å². The molecule has 0 aliphatic carbocycles. The zero-order valence-corrected chi connectivity index (χ0v) is 18.4. The van der Waals surface area contributed by atoms with Crippen LogP contribution >= 0.6 is 23.4 Å². The molecule has 1 aliphatic rings. The molecule has 0 saturated carbocycles. The van der Waals surface area contributed by atoms with Crippen molar-refractivity contribution < 1.29 is 21.8 Å². The Balaban J connectivity index is 0.00000256. The molecule has 4 rings (SSSR count). The molecule has 0 saturated heterocycles. The molecule has 0 radical (unpaired) electrons. The van der Waals surface area contributed by atoms with Crippen molar-refractivity contribution in [3.05, 3.63) is 101 Å². The van der Waals surface area contributed by atoms with Gasteiger partial charge in [-0.05, 0) is 53.7 Å². The van der Waals surface area contributed by atoms with E-state index in [2.05, 4.69) is 27.3 Å². The second-order valence-corrected chi connectivity index (χ2v) is 8.16. The number of hydrogen-bond donors (Lipinski definition) is 2. The van der Waals surface area contributed by atoms with Gasteiger partial charge in [0.15, 0.2) is 6.17 Å². The number of rotatable bonds is 5. The summed E-state index contributed by atoms with van der Waals surface area (Å²) in [5.74, 6) is 0.698. The van der Waals surface area contributed by atoms with Gasteiger partial charge >= 0.3 is 5.17 Å². The van der Waals surface area contributed by atoms with Crippen LogP contribution in [0.1, 0.15) is 15.9 Å². The zero-order chi connectivity index (χ0) is 20.1. The van der Waals surface area contributed by atoms with Crippen LogP contribution in [0.15, 0.2) is 84.9 Å². The zero-order valence-electron chi connectivity index (χ0n) is 16.1. The predicted molar refractivity (Wildman–Crippen MR) is 121 cm³/mol. The Morgan fingerprint density at radius 1 is 0.967 bits per heavy atom. The summed E-state index contributed by atoms with van der Waals surface area (Å²) in [6.45, 7) is 0.698. The minimum absolute atomic E-state index is 0. The Bertz CT molecular complexity index is 1010. The van der Waals surface area contributed by atoms with Crippen LogP contribution in [-0.2, 0) is 6.54 Å². The quantitative estimate of drug-likeness (QED) is 0.574. The van der Waals surface area contributed by atoms with Gasteiger partial charge in [0, 0.05) is 10.6 Å². The maximum absolute atomic E-state index is 12.7. The van der Waals surface area contributed by atoms with E-state index in [0.717, 1.165) is 16.6 Å². The summed E-state index contributed by atoms with van der Waals surface area (Å²) in [4.78, 5) is 12.7. The van der Waals surface area contributed by atoms with Gasteiger partial charge < -0.3 is 17.7 Å². The first-order valence-electron chi connectivity index (χ1n) is 9.38. The van der Waals surface area contributed by atoms with Crippen molar-refractivity contribution >= 4 is 40.1 Å². The monoisotopic (exact) mass is 457 g/mol. The van der Waals surface area contributed by atoms with Crippen LogP contribution in [0.2, 0.25) is 5.02 Å². The minimum Gasteiger partial charge on any atom is -1.00 e. The van der Waals surface area contributed by atoms with Crippen LogP contribution in [-0.4, -0.2) is 27.6 Å². The molecule has 0 aromatic heterocycles. The Hall–Kier alpha value is -2.47. The Morgan fingerprint density at radius 2 is 1.60 bits per heavy atom. The molecule has 3 aromatic rings. The van der Waals surface area contributed by atoms with Crippen LogP contribution in [0.4, 0.5) is 5.69 Å². The fourth-order valence-corrected chi connectivity index (χ4v) is 4.40. The van der Waals surface area contributed by atoms with E-state index in [4.69, 9.17) is 11.6 Å². The van der Waals surface area contributed by atoms with E-state index in [9.17, 15) is 4.79 Å². The lowest BCUT2D eigenvalue weighted by Gasteiger charge is -2.16. The lowest BCUT2D eigenvalue weighted by Crippen LogP contribution is -3.00. The van der Waals surface area contributed by atoms with Crippen LogP contribution < -0.4 is 23.0 Å². The lowest BCUT2D eigenvalue weighted by atomic mass is 10.2. The number of hydrogen-bond acceptors (Lipinski definition) is 3. The van der Waals surface area contributed by atoms with E-state index >= 15 is 0 Å². The molecule has 0 spiro atoms. The van der Waals surface area contributed by atoms with Crippen molar-refractivity contribution in [1.82, 2.24) is 5.32 Å². The van der Waals surface area contributed by atoms with Gasteiger partial charge in [0.1, 0.15) is 12.2 Å². The van der Waals surface area contributed by atoms with Crippen molar-refractivity contribution in [3.8, 4) is 0 Å². The van der Waals surface area contributed by atoms with Gasteiger partial charge in [0.05, 0.1) is 5.75 Å². The number of thioether (sulfide) groups is 1. The van der Waals surface area contributed by atoms with Crippen LogP contribution in [0.3, 0.4) is 0 Å². The molecule has 4 nitrogen and oxygen atoms in total. The molecule has 1 heterocycles. The molecular weight excluding hydrogens is 437 g/mol. The van der Waals surface area contributed by atoms with Crippen LogP contribution in [0.25, 0.3) is 0 Å². The summed E-state index contributed by atoms with van der Waals surface area (Å²) in [7, 11) is 0. The number of nitrogens with one attached hydrogen (secondary N) is 2. The molecule has 1 atom stereocenters. The molecular formula is C23H21Cl2N3OS. The minimum atomic E-state index is -0.109. The van der Waals surface area contributed by atoms with Gasteiger partial charge in [-0.2, -0.15) is 0 Å². The maximum atomic E-state index is 12.7. The first kappa shape index (κ1) is 22.2. The summed E-state index contributed by atoms with van der Waals surface area (Å²) in [6, 6.07) is 27.2. The third-order valence-electron chi connectivity index (χ3n) is 4.64. The number of amides is 1. The number of benzene rings is 3. The van der Waals surface area contributed by atoms with Crippen molar-refractivity contribution in [3.63, 3.8) is 0 Å². The number of amidine groups is 1. The number of carbonyl (C=O) groups excluding carboxylic acids is 1. The highest BCUT2D eigenvalue weighted by Crippen LogP contribution is 2.22. The van der Waals surface area contributed by atoms with Crippen molar-refractivity contribution in [2.75, 3.05) is 11.1 Å². The average Bonchev–Trinajstić information content (AvgIpc) is 3.12. The summed E-state index contributed by atoms with van der Waals surface area (Å²) in [6.07, 6.45) is -0.109. The van der Waals surface area contributed by atoms with Gasteiger partial charge in [-0.25, -0.2) is 9.89 Å². The maximum Gasteiger partial charge on any atom is 0.313 e. The second kappa shape index (κ2) is 10.5. The summed E-state index contributed by atoms with van der Waals surface area (Å²) >= 11 is 7.70. The van der Waals surface area contributed by atoms with Gasteiger partial charge in [-0.1, -0.05) is 60.1 Å². The van der Waals surface area contributed by atoms with Crippen LogP contribution in [0, 0.1) is 0 Å². The van der Waals surface area contributed by atoms with Crippen LogP contribution in [0.5, 0.6) is 0 Å². The molecule has 1 unspecified atom stereocenters. The van der Waals surface area contributed by atoms with E-state index in [-0.39, 0.29) is 24.5 Å². The highest BCUT2D eigenvalue weighted by atomic mass is 35.5. The average molecular weight is 458 g/mol. The van der Waals surface area contributed by atoms with Gasteiger partial charge in [0.25, 0.3) is 5.91 Å². The lowest BCUT2D eigenvalue weighted by molar-refractivity contribution is -0.574. The number of halogens is 2. The molecule has 1 amide bonds. The summed E-state index contributed by atoms with van der Waals surface area (Å²) in [5, 5.41) is 8.36. The number of nitrogens with zero attached hydrogens (tertiary/aromatic N) is 1. The first-order valence-corrected chi connectivity index (χ1v) is 10.7. The molecule has 0 fully saturated rings. The SMILES string of the molecule is O=C(NC1CSC(Nc2ccc(Cl)cc2)=[N+]1Cc1ccccc1)c1ccccc1.[Cl-]. The van der Waals surface area contributed by atoms with Gasteiger partial charge in [-0.3, -0.25) is 4.79 Å². The van der Waals surface area contributed by atoms with E-state index in [1.54, 1.807) is 11.8 Å². The third-order valence-corrected chi connectivity index (χ3v) is 5.98.